The molecule has 6 rings (SSSR count). The van der Waals surface area contributed by atoms with Crippen molar-refractivity contribution in [1.82, 2.24) is 14.9 Å². The molecule has 194 valence electrons. The second-order valence-electron chi connectivity index (χ2n) is 9.73. The van der Waals surface area contributed by atoms with E-state index in [1.807, 2.05) is 36.5 Å². The van der Waals surface area contributed by atoms with E-state index < -0.39 is 0 Å². The van der Waals surface area contributed by atoms with Crippen LogP contribution in [0.1, 0.15) is 34.7 Å². The lowest BCUT2D eigenvalue weighted by molar-refractivity contribution is 0.122. The number of ether oxygens (including phenoxy) is 1. The summed E-state index contributed by atoms with van der Waals surface area (Å²) in [5, 5.41) is 4.99. The van der Waals surface area contributed by atoms with Gasteiger partial charge < -0.3 is 24.4 Å². The highest BCUT2D eigenvalue weighted by Crippen LogP contribution is 2.44. The number of anilines is 2. The van der Waals surface area contributed by atoms with Crippen LogP contribution in [0.25, 0.3) is 5.69 Å². The highest BCUT2D eigenvalue weighted by Gasteiger charge is 2.42. The van der Waals surface area contributed by atoms with Crippen LogP contribution in [0, 0.1) is 13.8 Å². The maximum absolute atomic E-state index is 6.64. The van der Waals surface area contributed by atoms with Crippen LogP contribution in [-0.2, 0) is 4.74 Å². The van der Waals surface area contributed by atoms with Crippen molar-refractivity contribution in [2.45, 2.75) is 25.9 Å². The molecule has 4 aromatic rings. The number of rotatable bonds is 5. The Morgan fingerprint density at radius 3 is 2.37 bits per heavy atom. The Morgan fingerprint density at radius 1 is 0.947 bits per heavy atom. The first-order chi connectivity index (χ1) is 18.5. The van der Waals surface area contributed by atoms with Crippen molar-refractivity contribution >= 4 is 40.3 Å². The zero-order valence-electron chi connectivity index (χ0n) is 21.5. The second kappa shape index (κ2) is 10.4. The molecule has 0 bridgehead atoms. The van der Waals surface area contributed by atoms with E-state index in [0.29, 0.717) is 5.11 Å². The molecule has 0 saturated carbocycles. The molecule has 6 nitrogen and oxygen atoms in total. The van der Waals surface area contributed by atoms with Gasteiger partial charge in [0.15, 0.2) is 5.11 Å². The fraction of sp³-hybridized carbons (Fsp3) is 0.267. The Kier molecular flexibility index (Phi) is 6.82. The molecule has 4 heterocycles. The van der Waals surface area contributed by atoms with Gasteiger partial charge in [-0.3, -0.25) is 4.98 Å². The zero-order valence-corrected chi connectivity index (χ0v) is 23.0. The van der Waals surface area contributed by atoms with Crippen molar-refractivity contribution < 1.29 is 4.74 Å². The molecule has 0 spiro atoms. The van der Waals surface area contributed by atoms with Crippen molar-refractivity contribution in [2.75, 3.05) is 36.1 Å². The first-order valence-electron chi connectivity index (χ1n) is 12.9. The number of halogens is 1. The molecule has 0 amide bonds. The number of para-hydroxylation sites is 1. The average molecular weight is 544 g/mol. The molecule has 2 aliphatic rings. The van der Waals surface area contributed by atoms with Crippen LogP contribution >= 0.6 is 23.8 Å². The van der Waals surface area contributed by atoms with Gasteiger partial charge in [-0.15, -0.1) is 0 Å². The maximum Gasteiger partial charge on any atom is 0.174 e. The lowest BCUT2D eigenvalue weighted by Gasteiger charge is -2.31. The number of nitrogens with zero attached hydrogens (tertiary/aromatic N) is 4. The van der Waals surface area contributed by atoms with E-state index in [9.17, 15) is 0 Å². The Balaban J connectivity index is 1.44. The average Bonchev–Trinajstić information content (AvgIpc) is 3.45. The van der Waals surface area contributed by atoms with Crippen LogP contribution in [0.5, 0.6) is 0 Å². The van der Waals surface area contributed by atoms with Gasteiger partial charge in [0.05, 0.1) is 41.7 Å². The van der Waals surface area contributed by atoms with Gasteiger partial charge in [0.25, 0.3) is 0 Å². The molecule has 2 aromatic carbocycles. The number of benzene rings is 2. The Labute approximate surface area is 233 Å². The summed E-state index contributed by atoms with van der Waals surface area (Å²) in [5.41, 5.74) is 7.60. The van der Waals surface area contributed by atoms with Crippen molar-refractivity contribution in [3.8, 4) is 5.69 Å². The minimum atomic E-state index is -0.109. The summed E-state index contributed by atoms with van der Waals surface area (Å²) in [7, 11) is 0. The number of nitrogens with one attached hydrogen (secondary N) is 1. The van der Waals surface area contributed by atoms with Gasteiger partial charge in [-0.2, -0.15) is 0 Å². The monoisotopic (exact) mass is 543 g/mol. The number of morpholine rings is 1. The highest BCUT2D eigenvalue weighted by atomic mass is 35.5. The quantitative estimate of drug-likeness (QED) is 0.304. The summed E-state index contributed by atoms with van der Waals surface area (Å²) in [6.45, 7) is 7.61. The lowest BCUT2D eigenvalue weighted by Crippen LogP contribution is -2.36. The van der Waals surface area contributed by atoms with Gasteiger partial charge in [0.2, 0.25) is 0 Å². The standard InChI is InChI=1S/C30H30ClN5OS/c1-20-19-24(21(2)35(20)27-9-4-3-7-25(27)31)29-28(26-8-5-6-14-32-26)33-30(38)36(29)23-12-10-22(11-13-23)34-15-17-37-18-16-34/h3-14,19,28-29H,15-18H2,1-2H3,(H,33,38). The number of aromatic nitrogens is 2. The lowest BCUT2D eigenvalue weighted by atomic mass is 9.96. The molecule has 2 atom stereocenters. The van der Waals surface area contributed by atoms with Crippen LogP contribution in [0.3, 0.4) is 0 Å². The smallest absolute Gasteiger partial charge is 0.174 e. The third-order valence-electron chi connectivity index (χ3n) is 7.48. The van der Waals surface area contributed by atoms with E-state index in [0.717, 1.165) is 59.8 Å². The summed E-state index contributed by atoms with van der Waals surface area (Å²) in [4.78, 5) is 9.30. The minimum absolute atomic E-state index is 0.0888. The first-order valence-corrected chi connectivity index (χ1v) is 13.7. The van der Waals surface area contributed by atoms with Crippen molar-refractivity contribution in [3.63, 3.8) is 0 Å². The predicted molar refractivity (Wildman–Crippen MR) is 158 cm³/mol. The SMILES string of the molecule is Cc1cc(C2C(c3ccccn3)NC(=S)N2c2ccc(N3CCOCC3)cc2)c(C)n1-c1ccccc1Cl. The topological polar surface area (TPSA) is 45.6 Å². The number of aryl methyl sites for hydroxylation is 1. The molecule has 0 radical (unpaired) electrons. The molecular formula is C30H30ClN5OS. The van der Waals surface area contributed by atoms with Crippen LogP contribution in [0.15, 0.2) is 79.0 Å². The number of thiocarbonyl (C=S) groups is 1. The Bertz CT molecular complexity index is 1450. The van der Waals surface area contributed by atoms with Gasteiger partial charge >= 0.3 is 0 Å². The van der Waals surface area contributed by atoms with Crippen molar-refractivity contribution in [3.05, 3.63) is 107 Å². The molecule has 0 aliphatic carbocycles. The zero-order chi connectivity index (χ0) is 26.2. The first kappa shape index (κ1) is 24.9. The minimum Gasteiger partial charge on any atom is -0.378 e. The number of hydrogen-bond donors (Lipinski definition) is 1. The molecular weight excluding hydrogens is 514 g/mol. The number of hydrogen-bond acceptors (Lipinski definition) is 4. The second-order valence-corrected chi connectivity index (χ2v) is 10.5. The molecule has 2 saturated heterocycles. The van der Waals surface area contributed by atoms with Gasteiger partial charge in [0, 0.05) is 42.0 Å². The van der Waals surface area contributed by atoms with E-state index in [2.05, 4.69) is 76.0 Å². The van der Waals surface area contributed by atoms with Crippen LogP contribution < -0.4 is 15.1 Å². The normalized spacial score (nSPS) is 19.6. The van der Waals surface area contributed by atoms with Gasteiger partial charge in [-0.1, -0.05) is 29.8 Å². The summed E-state index contributed by atoms with van der Waals surface area (Å²) < 4.78 is 7.76. The molecule has 2 unspecified atom stereocenters. The van der Waals surface area contributed by atoms with E-state index in [4.69, 9.17) is 33.5 Å². The fourth-order valence-corrected chi connectivity index (χ4v) is 6.25. The van der Waals surface area contributed by atoms with E-state index in [-0.39, 0.29) is 12.1 Å². The maximum atomic E-state index is 6.64. The van der Waals surface area contributed by atoms with Gasteiger partial charge in [0.1, 0.15) is 0 Å². The predicted octanol–water partition coefficient (Wildman–Crippen LogP) is 6.16. The van der Waals surface area contributed by atoms with Crippen LogP contribution in [-0.4, -0.2) is 41.0 Å². The molecule has 2 fully saturated rings. The molecule has 2 aliphatic heterocycles. The fourth-order valence-electron chi connectivity index (χ4n) is 5.69. The van der Waals surface area contributed by atoms with E-state index in [1.54, 1.807) is 0 Å². The Morgan fingerprint density at radius 2 is 1.66 bits per heavy atom. The largest absolute Gasteiger partial charge is 0.378 e. The van der Waals surface area contributed by atoms with Crippen molar-refractivity contribution in [1.29, 1.82) is 0 Å². The molecule has 38 heavy (non-hydrogen) atoms. The molecule has 8 heteroatoms. The summed E-state index contributed by atoms with van der Waals surface area (Å²) in [6, 6.07) is 24.7. The summed E-state index contributed by atoms with van der Waals surface area (Å²) in [6.07, 6.45) is 1.84. The Hall–Kier alpha value is -3.39. The third-order valence-corrected chi connectivity index (χ3v) is 8.12. The summed E-state index contributed by atoms with van der Waals surface area (Å²) in [5.74, 6) is 0. The van der Waals surface area contributed by atoms with Crippen LogP contribution in [0.4, 0.5) is 11.4 Å². The van der Waals surface area contributed by atoms with Gasteiger partial charge in [-0.05, 0) is 86.2 Å². The molecule has 2 aromatic heterocycles. The van der Waals surface area contributed by atoms with E-state index in [1.165, 1.54) is 11.3 Å². The van der Waals surface area contributed by atoms with E-state index >= 15 is 0 Å². The number of pyridine rings is 1. The summed E-state index contributed by atoms with van der Waals surface area (Å²) >= 11 is 12.6. The van der Waals surface area contributed by atoms with Crippen LogP contribution in [0.2, 0.25) is 5.02 Å². The highest BCUT2D eigenvalue weighted by molar-refractivity contribution is 7.80. The molecule has 1 N–H and O–H groups in total. The van der Waals surface area contributed by atoms with Gasteiger partial charge in [-0.25, -0.2) is 0 Å². The third kappa shape index (κ3) is 4.45. The van der Waals surface area contributed by atoms with Crippen molar-refractivity contribution in [2.24, 2.45) is 0 Å².